The van der Waals surface area contributed by atoms with E-state index in [1.807, 2.05) is 0 Å². The molecular formula is C13H22N2O. The molecule has 3 heteroatoms. The standard InChI is InChI=1S/C13H22N2O/c1-8(14)12(16)15-13-5-9-2-10(6-13)4-11(3-9)7-13/h8-11H,2-7,14H2,1H3,(H,15,16)/t8-,9?,10?,11?,13?/m0/s1. The fourth-order valence-electron chi connectivity index (χ4n) is 4.64. The molecular weight excluding hydrogens is 200 g/mol. The van der Waals surface area contributed by atoms with Gasteiger partial charge in [-0.05, 0) is 63.2 Å². The molecule has 0 saturated heterocycles. The summed E-state index contributed by atoms with van der Waals surface area (Å²) < 4.78 is 0. The third kappa shape index (κ3) is 1.65. The van der Waals surface area contributed by atoms with Gasteiger partial charge in [0.15, 0.2) is 0 Å². The molecule has 3 N–H and O–H groups in total. The molecule has 90 valence electrons. The number of hydrogen-bond donors (Lipinski definition) is 2. The normalized spacial score (nSPS) is 46.8. The van der Waals surface area contributed by atoms with Crippen LogP contribution in [-0.2, 0) is 4.79 Å². The minimum atomic E-state index is -0.368. The van der Waals surface area contributed by atoms with E-state index in [1.54, 1.807) is 6.92 Å². The van der Waals surface area contributed by atoms with E-state index >= 15 is 0 Å². The molecule has 0 aromatic rings. The zero-order valence-corrected chi connectivity index (χ0v) is 10.0. The molecule has 4 bridgehead atoms. The monoisotopic (exact) mass is 222 g/mol. The highest BCUT2D eigenvalue weighted by atomic mass is 16.2. The second kappa shape index (κ2) is 3.46. The van der Waals surface area contributed by atoms with Crippen LogP contribution in [0.4, 0.5) is 0 Å². The zero-order chi connectivity index (χ0) is 11.3. The van der Waals surface area contributed by atoms with Crippen LogP contribution in [0.15, 0.2) is 0 Å². The molecule has 4 fully saturated rings. The lowest BCUT2D eigenvalue weighted by Crippen LogP contribution is -2.61. The van der Waals surface area contributed by atoms with E-state index in [0.717, 1.165) is 17.8 Å². The molecule has 4 aliphatic rings. The molecule has 0 unspecified atom stereocenters. The second-order valence-corrected chi connectivity index (χ2v) is 6.48. The Morgan fingerprint density at radius 1 is 1.19 bits per heavy atom. The van der Waals surface area contributed by atoms with E-state index in [9.17, 15) is 4.79 Å². The van der Waals surface area contributed by atoms with Gasteiger partial charge in [0.2, 0.25) is 5.91 Å². The Bertz CT molecular complexity index is 276. The smallest absolute Gasteiger partial charge is 0.237 e. The van der Waals surface area contributed by atoms with Gasteiger partial charge in [-0.25, -0.2) is 0 Å². The molecule has 0 spiro atoms. The van der Waals surface area contributed by atoms with E-state index in [4.69, 9.17) is 5.73 Å². The third-order valence-corrected chi connectivity index (χ3v) is 4.84. The maximum absolute atomic E-state index is 11.8. The second-order valence-electron chi connectivity index (χ2n) is 6.48. The molecule has 4 rings (SSSR count). The molecule has 4 aliphatic carbocycles. The minimum Gasteiger partial charge on any atom is -0.349 e. The van der Waals surface area contributed by atoms with Crippen molar-refractivity contribution in [3.05, 3.63) is 0 Å². The summed E-state index contributed by atoms with van der Waals surface area (Å²) in [5.41, 5.74) is 5.78. The van der Waals surface area contributed by atoms with Crippen molar-refractivity contribution >= 4 is 5.91 Å². The maximum Gasteiger partial charge on any atom is 0.237 e. The summed E-state index contributed by atoms with van der Waals surface area (Å²) in [5.74, 6) is 2.67. The average molecular weight is 222 g/mol. The Labute approximate surface area is 97.2 Å². The Kier molecular flexibility index (Phi) is 2.29. The molecule has 1 amide bonds. The van der Waals surface area contributed by atoms with Crippen molar-refractivity contribution in [1.82, 2.24) is 5.32 Å². The van der Waals surface area contributed by atoms with E-state index < -0.39 is 0 Å². The summed E-state index contributed by atoms with van der Waals surface area (Å²) in [6, 6.07) is -0.368. The predicted molar refractivity (Wildman–Crippen MR) is 62.7 cm³/mol. The highest BCUT2D eigenvalue weighted by Crippen LogP contribution is 2.55. The molecule has 0 heterocycles. The van der Waals surface area contributed by atoms with Gasteiger partial charge in [-0.2, -0.15) is 0 Å². The van der Waals surface area contributed by atoms with Gasteiger partial charge in [0.05, 0.1) is 6.04 Å². The van der Waals surface area contributed by atoms with Crippen molar-refractivity contribution in [2.24, 2.45) is 23.5 Å². The Hall–Kier alpha value is -0.570. The first kappa shape index (κ1) is 10.6. The van der Waals surface area contributed by atoms with Gasteiger partial charge in [0.1, 0.15) is 0 Å². The summed E-state index contributed by atoms with van der Waals surface area (Å²) in [5, 5.41) is 3.26. The number of carbonyl (C=O) groups is 1. The van der Waals surface area contributed by atoms with Crippen molar-refractivity contribution in [3.63, 3.8) is 0 Å². The fourth-order valence-corrected chi connectivity index (χ4v) is 4.64. The summed E-state index contributed by atoms with van der Waals surface area (Å²) in [4.78, 5) is 11.8. The Morgan fingerprint density at radius 2 is 1.62 bits per heavy atom. The van der Waals surface area contributed by atoms with Gasteiger partial charge in [0, 0.05) is 5.54 Å². The van der Waals surface area contributed by atoms with Crippen LogP contribution in [-0.4, -0.2) is 17.5 Å². The Morgan fingerprint density at radius 3 is 2.00 bits per heavy atom. The average Bonchev–Trinajstić information content (AvgIpc) is 2.13. The number of rotatable bonds is 2. The van der Waals surface area contributed by atoms with Crippen molar-refractivity contribution in [1.29, 1.82) is 0 Å². The largest absolute Gasteiger partial charge is 0.349 e. The van der Waals surface area contributed by atoms with Gasteiger partial charge >= 0.3 is 0 Å². The first-order valence-corrected chi connectivity index (χ1v) is 6.64. The van der Waals surface area contributed by atoms with E-state index in [0.29, 0.717) is 0 Å². The maximum atomic E-state index is 11.8. The van der Waals surface area contributed by atoms with Crippen LogP contribution in [0.3, 0.4) is 0 Å². The molecule has 0 radical (unpaired) electrons. The number of amides is 1. The molecule has 4 saturated carbocycles. The quantitative estimate of drug-likeness (QED) is 0.742. The molecule has 0 aromatic carbocycles. The van der Waals surface area contributed by atoms with Gasteiger partial charge < -0.3 is 11.1 Å². The lowest BCUT2D eigenvalue weighted by atomic mass is 9.53. The van der Waals surface area contributed by atoms with Crippen LogP contribution in [0, 0.1) is 17.8 Å². The van der Waals surface area contributed by atoms with Gasteiger partial charge in [-0.1, -0.05) is 0 Å². The number of hydrogen-bond acceptors (Lipinski definition) is 2. The molecule has 0 aromatic heterocycles. The van der Waals surface area contributed by atoms with Crippen molar-refractivity contribution in [2.75, 3.05) is 0 Å². The highest BCUT2D eigenvalue weighted by molar-refractivity contribution is 5.81. The van der Waals surface area contributed by atoms with Crippen LogP contribution in [0.2, 0.25) is 0 Å². The SMILES string of the molecule is C[C@H](N)C(=O)NC12CC3CC(CC(C3)C1)C2. The third-order valence-electron chi connectivity index (χ3n) is 4.84. The lowest BCUT2D eigenvalue weighted by Gasteiger charge is -2.57. The summed E-state index contributed by atoms with van der Waals surface area (Å²) in [7, 11) is 0. The van der Waals surface area contributed by atoms with Gasteiger partial charge in [-0.15, -0.1) is 0 Å². The van der Waals surface area contributed by atoms with Crippen LogP contribution in [0.1, 0.15) is 45.4 Å². The van der Waals surface area contributed by atoms with E-state index in [-0.39, 0.29) is 17.5 Å². The van der Waals surface area contributed by atoms with Crippen LogP contribution in [0.25, 0.3) is 0 Å². The summed E-state index contributed by atoms with van der Waals surface area (Å²) in [6.45, 7) is 1.77. The number of carbonyl (C=O) groups excluding carboxylic acids is 1. The summed E-state index contributed by atoms with van der Waals surface area (Å²) in [6.07, 6.45) is 7.85. The summed E-state index contributed by atoms with van der Waals surface area (Å²) >= 11 is 0. The van der Waals surface area contributed by atoms with Crippen molar-refractivity contribution in [3.8, 4) is 0 Å². The fraction of sp³-hybridized carbons (Fsp3) is 0.923. The number of nitrogens with two attached hydrogens (primary N) is 1. The highest BCUT2D eigenvalue weighted by Gasteiger charge is 2.51. The lowest BCUT2D eigenvalue weighted by molar-refractivity contribution is -0.127. The van der Waals surface area contributed by atoms with Crippen LogP contribution < -0.4 is 11.1 Å². The van der Waals surface area contributed by atoms with Gasteiger partial charge in [-0.3, -0.25) is 4.79 Å². The van der Waals surface area contributed by atoms with E-state index in [2.05, 4.69) is 5.32 Å². The predicted octanol–water partition coefficient (Wildman–Crippen LogP) is 1.42. The van der Waals surface area contributed by atoms with Gasteiger partial charge in [0.25, 0.3) is 0 Å². The first-order chi connectivity index (χ1) is 7.56. The minimum absolute atomic E-state index is 0.0435. The molecule has 3 nitrogen and oxygen atoms in total. The first-order valence-electron chi connectivity index (χ1n) is 6.64. The molecule has 0 aliphatic heterocycles. The van der Waals surface area contributed by atoms with Crippen LogP contribution in [0.5, 0.6) is 0 Å². The molecule has 1 atom stereocenters. The van der Waals surface area contributed by atoms with Crippen LogP contribution >= 0.6 is 0 Å². The van der Waals surface area contributed by atoms with Crippen molar-refractivity contribution in [2.45, 2.75) is 57.0 Å². The topological polar surface area (TPSA) is 55.1 Å². The zero-order valence-electron chi connectivity index (χ0n) is 10.0. The Balaban J connectivity index is 1.76. The number of nitrogens with one attached hydrogen (secondary N) is 1. The van der Waals surface area contributed by atoms with Crippen molar-refractivity contribution < 1.29 is 4.79 Å². The molecule has 16 heavy (non-hydrogen) atoms. The van der Waals surface area contributed by atoms with E-state index in [1.165, 1.54) is 38.5 Å².